The summed E-state index contributed by atoms with van der Waals surface area (Å²) >= 11 is 0. The van der Waals surface area contributed by atoms with Crippen molar-refractivity contribution in [1.82, 2.24) is 0 Å². The van der Waals surface area contributed by atoms with Gasteiger partial charge in [0.2, 0.25) is 0 Å². The van der Waals surface area contributed by atoms with Gasteiger partial charge in [0.05, 0.1) is 5.69 Å². The van der Waals surface area contributed by atoms with Gasteiger partial charge in [-0.2, -0.15) is 8.42 Å². The minimum absolute atomic E-state index is 0.00365. The van der Waals surface area contributed by atoms with Crippen molar-refractivity contribution in [2.75, 3.05) is 5.32 Å². The number of hydrogen-bond acceptors (Lipinski definition) is 3. The lowest BCUT2D eigenvalue weighted by Gasteiger charge is -2.08. The van der Waals surface area contributed by atoms with E-state index < -0.39 is 26.8 Å². The predicted molar refractivity (Wildman–Crippen MR) is 69.1 cm³/mol. The number of amides is 1. The fourth-order valence-electron chi connectivity index (χ4n) is 1.61. The molecule has 0 aromatic heterocycles. The molecule has 7 heteroatoms. The molecule has 0 spiro atoms. The van der Waals surface area contributed by atoms with Gasteiger partial charge in [0, 0.05) is 5.56 Å². The van der Waals surface area contributed by atoms with Gasteiger partial charge in [-0.25, -0.2) is 4.39 Å². The third kappa shape index (κ3) is 3.18. The minimum atomic E-state index is -4.96. The van der Waals surface area contributed by atoms with Gasteiger partial charge in [0.1, 0.15) is 10.7 Å². The molecule has 4 nitrogen and oxygen atoms in total. The summed E-state index contributed by atoms with van der Waals surface area (Å²) in [5, 5.41) is 2.24. The molecular weight excluding hydrogens is 288 g/mol. The lowest BCUT2D eigenvalue weighted by atomic mass is 10.2. The Morgan fingerprint density at radius 1 is 1.05 bits per heavy atom. The Kier molecular flexibility index (Phi) is 3.80. The van der Waals surface area contributed by atoms with E-state index in [1.165, 1.54) is 30.3 Å². The van der Waals surface area contributed by atoms with Crippen LogP contribution >= 0.6 is 0 Å². The lowest BCUT2D eigenvalue weighted by Crippen LogP contribution is -2.14. The van der Waals surface area contributed by atoms with Gasteiger partial charge < -0.3 is 5.32 Å². The van der Waals surface area contributed by atoms with Crippen LogP contribution in [0.15, 0.2) is 53.4 Å². The second kappa shape index (κ2) is 5.38. The number of para-hydroxylation sites is 1. The number of benzene rings is 2. The molecule has 2 aromatic rings. The van der Waals surface area contributed by atoms with E-state index in [1.54, 1.807) is 0 Å². The number of anilines is 1. The Hall–Kier alpha value is -2.28. The Labute approximate surface area is 114 Å². The molecule has 2 rings (SSSR count). The summed E-state index contributed by atoms with van der Waals surface area (Å²) in [6.45, 7) is 0. The molecule has 0 aliphatic rings. The van der Waals surface area contributed by atoms with Crippen molar-refractivity contribution < 1.29 is 21.5 Å². The molecule has 2 aromatic carbocycles. The van der Waals surface area contributed by atoms with E-state index in [2.05, 4.69) is 5.32 Å². The maximum absolute atomic E-state index is 13.1. The Bertz CT molecular complexity index is 760. The molecule has 0 unspecified atom stereocenters. The number of halogens is 2. The summed E-state index contributed by atoms with van der Waals surface area (Å²) in [6.07, 6.45) is 0. The van der Waals surface area contributed by atoms with Crippen molar-refractivity contribution in [1.29, 1.82) is 0 Å². The normalized spacial score (nSPS) is 11.1. The third-order valence-corrected chi connectivity index (χ3v) is 3.37. The molecule has 0 aliphatic heterocycles. The van der Waals surface area contributed by atoms with Crippen molar-refractivity contribution in [2.45, 2.75) is 4.90 Å². The first kappa shape index (κ1) is 14.1. The van der Waals surface area contributed by atoms with E-state index in [9.17, 15) is 21.5 Å². The standard InChI is InChI=1S/C13H9F2NO3S/c14-10-5-3-4-9(8-10)13(17)16-11-6-1-2-7-12(11)20(15,18)19/h1-8H,(H,16,17). The van der Waals surface area contributed by atoms with Crippen LogP contribution < -0.4 is 5.32 Å². The van der Waals surface area contributed by atoms with Gasteiger partial charge in [-0.1, -0.05) is 18.2 Å². The van der Waals surface area contributed by atoms with Gasteiger partial charge >= 0.3 is 10.2 Å². The molecule has 0 fully saturated rings. The third-order valence-electron chi connectivity index (χ3n) is 2.48. The van der Waals surface area contributed by atoms with Gasteiger partial charge in [0.25, 0.3) is 5.91 Å². The molecule has 0 heterocycles. The minimum Gasteiger partial charge on any atom is -0.321 e. The first-order chi connectivity index (χ1) is 9.38. The summed E-state index contributed by atoms with van der Waals surface area (Å²) in [5.41, 5.74) is -0.208. The van der Waals surface area contributed by atoms with Crippen LogP contribution in [-0.2, 0) is 10.2 Å². The van der Waals surface area contributed by atoms with Crippen molar-refractivity contribution >= 4 is 21.8 Å². The Morgan fingerprint density at radius 3 is 2.40 bits per heavy atom. The van der Waals surface area contributed by atoms with Crippen LogP contribution in [0.1, 0.15) is 10.4 Å². The average molecular weight is 297 g/mol. The number of nitrogens with one attached hydrogen (secondary N) is 1. The molecule has 0 saturated carbocycles. The van der Waals surface area contributed by atoms with Gasteiger partial charge in [-0.15, -0.1) is 3.89 Å². The second-order valence-electron chi connectivity index (χ2n) is 3.90. The van der Waals surface area contributed by atoms with E-state index in [1.807, 2.05) is 0 Å². The van der Waals surface area contributed by atoms with E-state index in [-0.39, 0.29) is 11.3 Å². The zero-order valence-corrected chi connectivity index (χ0v) is 10.8. The van der Waals surface area contributed by atoms with Gasteiger partial charge in [0.15, 0.2) is 0 Å². The summed E-state index contributed by atoms with van der Waals surface area (Å²) in [7, 11) is -4.96. The predicted octanol–water partition coefficient (Wildman–Crippen LogP) is 2.74. The van der Waals surface area contributed by atoms with Crippen molar-refractivity contribution in [2.24, 2.45) is 0 Å². The smallest absolute Gasteiger partial charge is 0.321 e. The molecule has 104 valence electrons. The van der Waals surface area contributed by atoms with Crippen LogP contribution in [-0.4, -0.2) is 14.3 Å². The molecule has 0 saturated heterocycles. The highest BCUT2D eigenvalue weighted by molar-refractivity contribution is 7.86. The lowest BCUT2D eigenvalue weighted by molar-refractivity contribution is 0.102. The van der Waals surface area contributed by atoms with Crippen LogP contribution in [0, 0.1) is 5.82 Å². The van der Waals surface area contributed by atoms with Crippen molar-refractivity contribution in [3.8, 4) is 0 Å². The van der Waals surface area contributed by atoms with Crippen LogP contribution in [0.25, 0.3) is 0 Å². The van der Waals surface area contributed by atoms with Crippen molar-refractivity contribution in [3.63, 3.8) is 0 Å². The SMILES string of the molecule is O=C(Nc1ccccc1S(=O)(=O)F)c1cccc(F)c1. The van der Waals surface area contributed by atoms with Gasteiger partial charge in [-0.3, -0.25) is 4.79 Å². The maximum Gasteiger partial charge on any atom is 0.334 e. The summed E-state index contributed by atoms with van der Waals surface area (Å²) in [4.78, 5) is 11.2. The topological polar surface area (TPSA) is 63.2 Å². The average Bonchev–Trinajstić information content (AvgIpc) is 2.38. The Morgan fingerprint density at radius 2 is 1.75 bits per heavy atom. The fraction of sp³-hybridized carbons (Fsp3) is 0. The molecule has 0 aliphatic carbocycles. The molecule has 20 heavy (non-hydrogen) atoms. The second-order valence-corrected chi connectivity index (χ2v) is 5.21. The highest BCUT2D eigenvalue weighted by atomic mass is 32.3. The number of hydrogen-bond donors (Lipinski definition) is 1. The number of carbonyl (C=O) groups is 1. The van der Waals surface area contributed by atoms with Crippen LogP contribution in [0.2, 0.25) is 0 Å². The Balaban J connectivity index is 2.34. The first-order valence-corrected chi connectivity index (χ1v) is 6.87. The zero-order chi connectivity index (χ0) is 14.8. The van der Waals surface area contributed by atoms with E-state index in [0.717, 1.165) is 18.2 Å². The quantitative estimate of drug-likeness (QED) is 0.886. The molecule has 0 radical (unpaired) electrons. The monoisotopic (exact) mass is 297 g/mol. The van der Waals surface area contributed by atoms with Crippen LogP contribution in [0.4, 0.5) is 14.0 Å². The maximum atomic E-state index is 13.1. The van der Waals surface area contributed by atoms with E-state index in [0.29, 0.717) is 0 Å². The van der Waals surface area contributed by atoms with Crippen LogP contribution in [0.5, 0.6) is 0 Å². The highest BCUT2D eigenvalue weighted by Crippen LogP contribution is 2.23. The highest BCUT2D eigenvalue weighted by Gasteiger charge is 2.18. The van der Waals surface area contributed by atoms with E-state index >= 15 is 0 Å². The molecule has 0 bridgehead atoms. The van der Waals surface area contributed by atoms with Crippen molar-refractivity contribution in [3.05, 3.63) is 59.9 Å². The van der Waals surface area contributed by atoms with Gasteiger partial charge in [-0.05, 0) is 30.3 Å². The molecule has 1 N–H and O–H groups in total. The molecule has 1 amide bonds. The summed E-state index contributed by atoms with van der Waals surface area (Å²) in [5.74, 6) is -1.34. The number of carbonyl (C=O) groups excluding carboxylic acids is 1. The van der Waals surface area contributed by atoms with Crippen LogP contribution in [0.3, 0.4) is 0 Å². The largest absolute Gasteiger partial charge is 0.334 e. The fourth-order valence-corrected chi connectivity index (χ4v) is 2.23. The first-order valence-electron chi connectivity index (χ1n) is 5.48. The van der Waals surface area contributed by atoms with E-state index in [4.69, 9.17) is 0 Å². The molecule has 0 atom stereocenters. The summed E-state index contributed by atoms with van der Waals surface area (Å²) in [6, 6.07) is 9.87. The zero-order valence-electron chi connectivity index (χ0n) is 10.0. The molecular formula is C13H9F2NO3S. The number of rotatable bonds is 3. The summed E-state index contributed by atoms with van der Waals surface area (Å²) < 4.78 is 48.0.